The molecule has 1 aromatic carbocycles. The second kappa shape index (κ2) is 11.0. The van der Waals surface area contributed by atoms with Crippen LogP contribution in [0.1, 0.15) is 63.9 Å². The van der Waals surface area contributed by atoms with E-state index in [2.05, 4.69) is 6.92 Å². The maximum atomic E-state index is 12.7. The Morgan fingerprint density at radius 2 is 1.59 bits per heavy atom. The predicted molar refractivity (Wildman–Crippen MR) is 108 cm³/mol. The monoisotopic (exact) mass is 377 g/mol. The van der Waals surface area contributed by atoms with Gasteiger partial charge in [-0.15, -0.1) is 0 Å². The van der Waals surface area contributed by atoms with Crippen molar-refractivity contribution in [3.8, 4) is 0 Å². The third kappa shape index (κ3) is 6.56. The molecular formula is C22H35NO4. The van der Waals surface area contributed by atoms with Crippen molar-refractivity contribution in [2.75, 3.05) is 13.7 Å². The van der Waals surface area contributed by atoms with Crippen LogP contribution in [0.2, 0.25) is 0 Å². The highest BCUT2D eigenvalue weighted by Crippen LogP contribution is 2.24. The Labute approximate surface area is 164 Å². The zero-order valence-electron chi connectivity index (χ0n) is 17.8. The zero-order valence-corrected chi connectivity index (χ0v) is 17.8. The average molecular weight is 378 g/mol. The Morgan fingerprint density at radius 1 is 1.00 bits per heavy atom. The Bertz CT molecular complexity index is 595. The van der Waals surface area contributed by atoms with Gasteiger partial charge in [-0.3, -0.25) is 0 Å². The molecule has 0 heterocycles. The summed E-state index contributed by atoms with van der Waals surface area (Å²) in [6.07, 6.45) is 1.23. The van der Waals surface area contributed by atoms with Crippen LogP contribution in [0.15, 0.2) is 24.3 Å². The van der Waals surface area contributed by atoms with Crippen LogP contribution < -0.4 is 0 Å². The summed E-state index contributed by atoms with van der Waals surface area (Å²) in [5.74, 6) is -0.205. The standard InChI is InChI=1S/C22H35NO4/c1-8-10-17-11-13-18(14-12-17)21(24)27-20(16(5)6)19(15(3)4)23(7)22(25)26-9-2/h11-16,19-20H,8-10H2,1-7H3. The van der Waals surface area contributed by atoms with Gasteiger partial charge < -0.3 is 14.4 Å². The Kier molecular flexibility index (Phi) is 9.33. The van der Waals surface area contributed by atoms with Gasteiger partial charge in [-0.05, 0) is 42.9 Å². The molecule has 1 aromatic rings. The number of amides is 1. The lowest BCUT2D eigenvalue weighted by molar-refractivity contribution is -0.0256. The molecule has 1 amide bonds. The SMILES string of the molecule is CCCc1ccc(C(=O)OC(C(C)C)C(C(C)C)N(C)C(=O)OCC)cc1. The first kappa shape index (κ1) is 23.0. The molecule has 0 saturated carbocycles. The molecule has 0 spiro atoms. The number of benzene rings is 1. The fraction of sp³-hybridized carbons (Fsp3) is 0.636. The molecule has 27 heavy (non-hydrogen) atoms. The summed E-state index contributed by atoms with van der Waals surface area (Å²) in [5.41, 5.74) is 1.73. The van der Waals surface area contributed by atoms with Gasteiger partial charge in [0.1, 0.15) is 6.10 Å². The molecule has 5 nitrogen and oxygen atoms in total. The summed E-state index contributed by atoms with van der Waals surface area (Å²) in [6.45, 7) is 12.2. The highest BCUT2D eigenvalue weighted by molar-refractivity contribution is 5.89. The van der Waals surface area contributed by atoms with Crippen molar-refractivity contribution in [2.45, 2.75) is 66.5 Å². The molecule has 0 aliphatic rings. The van der Waals surface area contributed by atoms with Crippen LogP contribution in [0.25, 0.3) is 0 Å². The first-order valence-corrected chi connectivity index (χ1v) is 9.92. The lowest BCUT2D eigenvalue weighted by atomic mass is 9.90. The molecule has 5 heteroatoms. The van der Waals surface area contributed by atoms with Gasteiger partial charge in [-0.2, -0.15) is 0 Å². The van der Waals surface area contributed by atoms with Crippen molar-refractivity contribution in [2.24, 2.45) is 11.8 Å². The molecule has 0 bridgehead atoms. The fourth-order valence-corrected chi connectivity index (χ4v) is 3.28. The number of rotatable bonds is 9. The predicted octanol–water partition coefficient (Wildman–Crippen LogP) is 4.93. The quantitative estimate of drug-likeness (QED) is 0.572. The summed E-state index contributed by atoms with van der Waals surface area (Å²) >= 11 is 0. The third-order valence-corrected chi connectivity index (χ3v) is 4.65. The topological polar surface area (TPSA) is 55.8 Å². The van der Waals surface area contributed by atoms with Crippen molar-refractivity contribution in [1.29, 1.82) is 0 Å². The van der Waals surface area contributed by atoms with E-state index in [4.69, 9.17) is 9.47 Å². The summed E-state index contributed by atoms with van der Waals surface area (Å²) < 4.78 is 11.0. The van der Waals surface area contributed by atoms with Crippen LogP contribution in [0.5, 0.6) is 0 Å². The van der Waals surface area contributed by atoms with E-state index in [1.165, 1.54) is 5.56 Å². The van der Waals surface area contributed by atoms with Gasteiger partial charge >= 0.3 is 12.1 Å². The summed E-state index contributed by atoms with van der Waals surface area (Å²) in [4.78, 5) is 26.5. The van der Waals surface area contributed by atoms with Crippen molar-refractivity contribution in [3.05, 3.63) is 35.4 Å². The number of carbonyl (C=O) groups is 2. The van der Waals surface area contributed by atoms with Crippen molar-refractivity contribution < 1.29 is 19.1 Å². The first-order chi connectivity index (χ1) is 12.7. The number of nitrogens with zero attached hydrogens (tertiary/aromatic N) is 1. The molecule has 0 radical (unpaired) electrons. The second-order valence-corrected chi connectivity index (χ2v) is 7.61. The van der Waals surface area contributed by atoms with Crippen LogP contribution in [-0.4, -0.2) is 42.8 Å². The zero-order chi connectivity index (χ0) is 20.6. The highest BCUT2D eigenvalue weighted by Gasteiger charge is 2.36. The molecule has 0 aliphatic carbocycles. The Balaban J connectivity index is 3.00. The van der Waals surface area contributed by atoms with E-state index < -0.39 is 12.2 Å². The van der Waals surface area contributed by atoms with Gasteiger partial charge in [-0.25, -0.2) is 9.59 Å². The average Bonchev–Trinajstić information content (AvgIpc) is 2.61. The molecule has 2 atom stereocenters. The van der Waals surface area contributed by atoms with Crippen molar-refractivity contribution in [1.82, 2.24) is 4.90 Å². The van der Waals surface area contributed by atoms with E-state index in [-0.39, 0.29) is 23.8 Å². The molecule has 0 saturated heterocycles. The summed E-state index contributed by atoms with van der Waals surface area (Å²) in [7, 11) is 1.70. The Hall–Kier alpha value is -2.04. The molecule has 2 unspecified atom stereocenters. The number of hydrogen-bond donors (Lipinski definition) is 0. The molecular weight excluding hydrogens is 342 g/mol. The van der Waals surface area contributed by atoms with E-state index in [0.29, 0.717) is 12.2 Å². The van der Waals surface area contributed by atoms with Gasteiger partial charge in [0, 0.05) is 7.05 Å². The minimum Gasteiger partial charge on any atom is -0.456 e. The third-order valence-electron chi connectivity index (χ3n) is 4.65. The summed E-state index contributed by atoms with van der Waals surface area (Å²) in [6, 6.07) is 7.28. The molecule has 0 fully saturated rings. The number of hydrogen-bond acceptors (Lipinski definition) is 4. The van der Waals surface area contributed by atoms with Gasteiger partial charge in [0.25, 0.3) is 0 Å². The van der Waals surface area contributed by atoms with Gasteiger partial charge in [-0.1, -0.05) is 53.2 Å². The fourth-order valence-electron chi connectivity index (χ4n) is 3.28. The highest BCUT2D eigenvalue weighted by atomic mass is 16.6. The maximum Gasteiger partial charge on any atom is 0.409 e. The number of ether oxygens (including phenoxy) is 2. The van der Waals surface area contributed by atoms with Crippen molar-refractivity contribution >= 4 is 12.1 Å². The Morgan fingerprint density at radius 3 is 2.04 bits per heavy atom. The normalized spacial score (nSPS) is 13.4. The van der Waals surface area contributed by atoms with Crippen molar-refractivity contribution in [3.63, 3.8) is 0 Å². The van der Waals surface area contributed by atoms with Gasteiger partial charge in [0.05, 0.1) is 18.2 Å². The molecule has 152 valence electrons. The van der Waals surface area contributed by atoms with E-state index in [0.717, 1.165) is 12.8 Å². The number of esters is 1. The van der Waals surface area contributed by atoms with E-state index in [1.807, 2.05) is 52.0 Å². The van der Waals surface area contributed by atoms with Crippen LogP contribution in [-0.2, 0) is 15.9 Å². The molecule has 1 rings (SSSR count). The molecule has 0 N–H and O–H groups in total. The van der Waals surface area contributed by atoms with Crippen LogP contribution in [0, 0.1) is 11.8 Å². The van der Waals surface area contributed by atoms with Gasteiger partial charge in [0.2, 0.25) is 0 Å². The van der Waals surface area contributed by atoms with Crippen LogP contribution >= 0.6 is 0 Å². The van der Waals surface area contributed by atoms with E-state index >= 15 is 0 Å². The summed E-state index contributed by atoms with van der Waals surface area (Å²) in [5, 5.41) is 0. The van der Waals surface area contributed by atoms with Gasteiger partial charge in [0.15, 0.2) is 0 Å². The lowest BCUT2D eigenvalue weighted by Gasteiger charge is -2.38. The number of carbonyl (C=O) groups excluding carboxylic acids is 2. The number of likely N-dealkylation sites (N-methyl/N-ethyl adjacent to an activating group) is 1. The largest absolute Gasteiger partial charge is 0.456 e. The van der Waals surface area contributed by atoms with Crippen LogP contribution in [0.4, 0.5) is 4.79 Å². The second-order valence-electron chi connectivity index (χ2n) is 7.61. The van der Waals surface area contributed by atoms with E-state index in [9.17, 15) is 9.59 Å². The van der Waals surface area contributed by atoms with E-state index in [1.54, 1.807) is 18.9 Å². The molecule has 0 aromatic heterocycles. The minimum absolute atomic E-state index is 0.0533. The first-order valence-electron chi connectivity index (χ1n) is 9.92. The minimum atomic E-state index is -0.428. The number of aryl methyl sites for hydroxylation is 1. The maximum absolute atomic E-state index is 12.7. The smallest absolute Gasteiger partial charge is 0.409 e. The lowest BCUT2D eigenvalue weighted by Crippen LogP contribution is -2.51. The molecule has 0 aliphatic heterocycles. The van der Waals surface area contributed by atoms with Crippen LogP contribution in [0.3, 0.4) is 0 Å².